The van der Waals surface area contributed by atoms with Gasteiger partial charge in [-0.05, 0) is 79.1 Å². The summed E-state index contributed by atoms with van der Waals surface area (Å²) in [4.78, 5) is 25.5. The Kier molecular flexibility index (Phi) is 7.10. The van der Waals surface area contributed by atoms with Gasteiger partial charge in [-0.1, -0.05) is 48.6 Å². The number of nitrogens with zero attached hydrogens (tertiary/aromatic N) is 1. The molecule has 1 aliphatic carbocycles. The number of carbonyl (C=O) groups is 2. The van der Waals surface area contributed by atoms with E-state index >= 15 is 0 Å². The Balaban J connectivity index is 1.38. The van der Waals surface area contributed by atoms with Crippen LogP contribution in [-0.4, -0.2) is 42.1 Å². The SMILES string of the molecule is CC(=O)Oc1ccc(COc2ccc3c4c(ccc3c2)C(c2ccccc2C(=O)O)=C2C=CC(N(C)C)C=C2O4)cc1. The molecule has 0 fully saturated rings. The zero-order valence-corrected chi connectivity index (χ0v) is 23.5. The third-order valence-corrected chi connectivity index (χ3v) is 7.35. The number of esters is 1. The molecule has 1 N–H and O–H groups in total. The van der Waals surface area contributed by atoms with E-state index in [2.05, 4.69) is 17.1 Å². The van der Waals surface area contributed by atoms with Gasteiger partial charge in [0, 0.05) is 35.1 Å². The molecule has 7 nitrogen and oxygen atoms in total. The minimum Gasteiger partial charge on any atom is -0.489 e. The van der Waals surface area contributed by atoms with Crippen LogP contribution in [0, 0.1) is 0 Å². The van der Waals surface area contributed by atoms with Gasteiger partial charge in [-0.15, -0.1) is 0 Å². The van der Waals surface area contributed by atoms with Gasteiger partial charge in [0.15, 0.2) is 0 Å². The lowest BCUT2D eigenvalue weighted by Gasteiger charge is -2.31. The van der Waals surface area contributed by atoms with E-state index in [-0.39, 0.29) is 17.6 Å². The van der Waals surface area contributed by atoms with Crippen molar-refractivity contribution in [3.8, 4) is 17.2 Å². The average molecular weight is 560 g/mol. The van der Waals surface area contributed by atoms with Gasteiger partial charge >= 0.3 is 11.9 Å². The van der Waals surface area contributed by atoms with E-state index in [9.17, 15) is 14.7 Å². The maximum Gasteiger partial charge on any atom is 0.336 e. The van der Waals surface area contributed by atoms with E-state index in [4.69, 9.17) is 14.2 Å². The molecule has 0 saturated carbocycles. The monoisotopic (exact) mass is 559 g/mol. The number of fused-ring (bicyclic) bond motifs is 4. The van der Waals surface area contributed by atoms with Gasteiger partial charge < -0.3 is 19.3 Å². The van der Waals surface area contributed by atoms with Gasteiger partial charge in [0.2, 0.25) is 0 Å². The largest absolute Gasteiger partial charge is 0.489 e. The lowest BCUT2D eigenvalue weighted by atomic mass is 9.84. The van der Waals surface area contributed by atoms with Crippen LogP contribution < -0.4 is 14.2 Å². The molecule has 1 unspecified atom stereocenters. The van der Waals surface area contributed by atoms with Crippen LogP contribution in [0.25, 0.3) is 16.3 Å². The number of allylic oxidation sites excluding steroid dienone is 1. The molecular formula is C35H29NO6. The quantitative estimate of drug-likeness (QED) is 0.201. The number of carboxylic acids is 1. The molecule has 6 rings (SSSR count). The predicted octanol–water partition coefficient (Wildman–Crippen LogP) is 6.62. The van der Waals surface area contributed by atoms with Crippen molar-refractivity contribution in [3.63, 3.8) is 0 Å². The summed E-state index contributed by atoms with van der Waals surface area (Å²) in [6.45, 7) is 1.72. The third-order valence-electron chi connectivity index (χ3n) is 7.35. The first-order valence-corrected chi connectivity index (χ1v) is 13.6. The van der Waals surface area contributed by atoms with Crippen molar-refractivity contribution in [3.05, 3.63) is 131 Å². The second-order valence-electron chi connectivity index (χ2n) is 10.4. The van der Waals surface area contributed by atoms with Crippen LogP contribution in [0.5, 0.6) is 17.2 Å². The summed E-state index contributed by atoms with van der Waals surface area (Å²) >= 11 is 0. The summed E-state index contributed by atoms with van der Waals surface area (Å²) in [7, 11) is 4.01. The molecule has 4 aromatic carbocycles. The normalized spacial score (nSPS) is 15.5. The molecular weight excluding hydrogens is 530 g/mol. The molecule has 1 aliphatic heterocycles. The standard InChI is InChI=1S/C35H29NO6/c1-21(37)41-25-12-8-22(9-13-25)20-40-26-14-17-27-23(18-26)10-15-31-33(28-6-4-5-7-29(28)35(38)39)30-16-11-24(36(2)3)19-32(30)42-34(27)31/h4-19,24H,20H2,1-3H3,(H,38,39). The van der Waals surface area contributed by atoms with Crippen molar-refractivity contribution < 1.29 is 28.9 Å². The Labute approximate surface area is 243 Å². The highest BCUT2D eigenvalue weighted by Gasteiger charge is 2.30. The molecule has 210 valence electrons. The summed E-state index contributed by atoms with van der Waals surface area (Å²) in [5.74, 6) is 1.22. The minimum atomic E-state index is -0.980. The van der Waals surface area contributed by atoms with Crippen molar-refractivity contribution >= 4 is 28.3 Å². The molecule has 1 atom stereocenters. The molecule has 0 amide bonds. The molecule has 0 bridgehead atoms. The van der Waals surface area contributed by atoms with Gasteiger partial charge in [-0.25, -0.2) is 4.79 Å². The lowest BCUT2D eigenvalue weighted by Crippen LogP contribution is -2.27. The summed E-state index contributed by atoms with van der Waals surface area (Å²) in [5, 5.41) is 11.8. The number of benzene rings is 4. The number of hydrogen-bond acceptors (Lipinski definition) is 6. The first kappa shape index (κ1) is 27.1. The van der Waals surface area contributed by atoms with E-state index in [1.807, 2.05) is 74.8 Å². The van der Waals surface area contributed by atoms with Gasteiger partial charge in [0.1, 0.15) is 29.6 Å². The number of aromatic carboxylic acids is 1. The van der Waals surface area contributed by atoms with Crippen LogP contribution in [0.3, 0.4) is 0 Å². The zero-order valence-electron chi connectivity index (χ0n) is 23.5. The molecule has 0 spiro atoms. The number of ether oxygens (including phenoxy) is 3. The molecule has 0 radical (unpaired) electrons. The van der Waals surface area contributed by atoms with Crippen LogP contribution in [0.15, 0.2) is 108 Å². The Morgan fingerprint density at radius 2 is 1.69 bits per heavy atom. The van der Waals surface area contributed by atoms with Crippen LogP contribution in [-0.2, 0) is 11.4 Å². The summed E-state index contributed by atoms with van der Waals surface area (Å²) < 4.78 is 17.8. The second kappa shape index (κ2) is 11.0. The fourth-order valence-corrected chi connectivity index (χ4v) is 5.29. The maximum absolute atomic E-state index is 12.2. The first-order chi connectivity index (χ1) is 20.3. The Morgan fingerprint density at radius 1 is 0.929 bits per heavy atom. The number of hydrogen-bond donors (Lipinski definition) is 1. The van der Waals surface area contributed by atoms with Crippen molar-refractivity contribution in [1.82, 2.24) is 4.90 Å². The average Bonchev–Trinajstić information content (AvgIpc) is 2.98. The summed E-state index contributed by atoms with van der Waals surface area (Å²) in [5.41, 5.74) is 4.33. The van der Waals surface area contributed by atoms with Crippen molar-refractivity contribution in [2.24, 2.45) is 0 Å². The predicted molar refractivity (Wildman–Crippen MR) is 161 cm³/mol. The third kappa shape index (κ3) is 5.18. The highest BCUT2D eigenvalue weighted by Crippen LogP contribution is 2.47. The van der Waals surface area contributed by atoms with Gasteiger partial charge in [-0.3, -0.25) is 9.69 Å². The highest BCUT2D eigenvalue weighted by molar-refractivity contribution is 6.04. The highest BCUT2D eigenvalue weighted by atomic mass is 16.5. The molecule has 42 heavy (non-hydrogen) atoms. The molecule has 0 saturated heterocycles. The number of rotatable bonds is 7. The number of carbonyl (C=O) groups excluding carboxylic acids is 1. The Bertz CT molecular complexity index is 1810. The number of carboxylic acid groups (broad SMARTS) is 1. The van der Waals surface area contributed by atoms with Gasteiger partial charge in [0.05, 0.1) is 5.56 Å². The fourth-order valence-electron chi connectivity index (χ4n) is 5.29. The van der Waals surface area contributed by atoms with Gasteiger partial charge in [-0.2, -0.15) is 0 Å². The van der Waals surface area contributed by atoms with Crippen LogP contribution in [0.2, 0.25) is 0 Å². The van der Waals surface area contributed by atoms with Crippen molar-refractivity contribution in [2.75, 3.05) is 14.1 Å². The van der Waals surface area contributed by atoms with Crippen LogP contribution >= 0.6 is 0 Å². The number of likely N-dealkylation sites (N-methyl/N-ethyl adjacent to an activating group) is 1. The first-order valence-electron chi connectivity index (χ1n) is 13.6. The second-order valence-corrected chi connectivity index (χ2v) is 10.4. The molecule has 1 heterocycles. The topological polar surface area (TPSA) is 85.3 Å². The Morgan fingerprint density at radius 3 is 2.43 bits per heavy atom. The molecule has 0 aromatic heterocycles. The van der Waals surface area contributed by atoms with E-state index < -0.39 is 5.97 Å². The van der Waals surface area contributed by atoms with Crippen molar-refractivity contribution in [1.29, 1.82) is 0 Å². The Hall–Kier alpha value is -5.14. The molecule has 2 aliphatic rings. The van der Waals surface area contributed by atoms with Crippen LogP contribution in [0.1, 0.15) is 34.0 Å². The summed E-state index contributed by atoms with van der Waals surface area (Å²) in [6, 6.07) is 24.2. The van der Waals surface area contributed by atoms with E-state index in [0.717, 1.165) is 33.0 Å². The fraction of sp³-hybridized carbons (Fsp3) is 0.143. The maximum atomic E-state index is 12.2. The van der Waals surface area contributed by atoms with Gasteiger partial charge in [0.25, 0.3) is 0 Å². The van der Waals surface area contributed by atoms with Crippen LogP contribution in [0.4, 0.5) is 0 Å². The van der Waals surface area contributed by atoms with E-state index in [0.29, 0.717) is 35.2 Å². The minimum absolute atomic E-state index is 0.0411. The zero-order chi connectivity index (χ0) is 29.4. The van der Waals surface area contributed by atoms with E-state index in [1.165, 1.54) is 6.92 Å². The molecule has 7 heteroatoms. The molecule has 4 aromatic rings. The van der Waals surface area contributed by atoms with Crippen molar-refractivity contribution in [2.45, 2.75) is 19.6 Å². The summed E-state index contributed by atoms with van der Waals surface area (Å²) in [6.07, 6.45) is 6.17. The van der Waals surface area contributed by atoms with E-state index in [1.54, 1.807) is 24.3 Å². The smallest absolute Gasteiger partial charge is 0.336 e. The lowest BCUT2D eigenvalue weighted by molar-refractivity contribution is -0.131.